The van der Waals surface area contributed by atoms with Gasteiger partial charge in [0.05, 0.1) is 32.9 Å². The van der Waals surface area contributed by atoms with Gasteiger partial charge in [-0.2, -0.15) is 0 Å². The highest BCUT2D eigenvalue weighted by Crippen LogP contribution is 2.14. The third kappa shape index (κ3) is 11.5. The lowest BCUT2D eigenvalue weighted by Crippen LogP contribution is -2.58. The molecule has 0 aliphatic carbocycles. The van der Waals surface area contributed by atoms with E-state index >= 15 is 0 Å². The molecule has 5 N–H and O–H groups in total. The maximum atomic E-state index is 13.9. The first kappa shape index (κ1) is 36.1. The number of nitrogens with one attached hydrogen (secondary N) is 4. The predicted octanol–water partition coefficient (Wildman–Crippen LogP) is 0.964. The van der Waals surface area contributed by atoms with Crippen molar-refractivity contribution >= 4 is 23.6 Å². The van der Waals surface area contributed by atoms with E-state index in [-0.39, 0.29) is 31.8 Å². The Morgan fingerprint density at radius 3 is 2.00 bits per heavy atom. The SMILES string of the molecule is COc1ccc(C[C@H](NC(=O)[C@H](C)NC(=O)CN2CCOCC2)C(=O)NC(Cc2ccccc2)[C@H](O)C(=O)NCc2ccccc2)cc1. The van der Waals surface area contributed by atoms with Gasteiger partial charge in [0.25, 0.3) is 5.91 Å². The predicted molar refractivity (Wildman–Crippen MR) is 180 cm³/mol. The number of hydrogen-bond acceptors (Lipinski definition) is 8. The second kappa shape index (κ2) is 18.5. The van der Waals surface area contributed by atoms with Crippen molar-refractivity contribution in [3.05, 3.63) is 102 Å². The van der Waals surface area contributed by atoms with Crippen LogP contribution in [0.1, 0.15) is 23.6 Å². The largest absolute Gasteiger partial charge is 0.497 e. The average Bonchev–Trinajstić information content (AvgIpc) is 3.11. The first-order valence-electron chi connectivity index (χ1n) is 16.1. The minimum absolute atomic E-state index is 0.102. The van der Waals surface area contributed by atoms with Crippen LogP contribution in [0, 0.1) is 0 Å². The molecule has 12 heteroatoms. The van der Waals surface area contributed by atoms with Crippen molar-refractivity contribution in [1.82, 2.24) is 26.2 Å². The second-order valence-corrected chi connectivity index (χ2v) is 11.7. The van der Waals surface area contributed by atoms with Crippen LogP contribution < -0.4 is 26.0 Å². The highest BCUT2D eigenvalue weighted by molar-refractivity contribution is 5.92. The number of carbonyl (C=O) groups excluding carboxylic acids is 4. The van der Waals surface area contributed by atoms with E-state index in [1.54, 1.807) is 38.3 Å². The second-order valence-electron chi connectivity index (χ2n) is 11.7. The summed E-state index contributed by atoms with van der Waals surface area (Å²) in [4.78, 5) is 55.0. The maximum absolute atomic E-state index is 13.9. The number of ether oxygens (including phenoxy) is 2. The van der Waals surface area contributed by atoms with E-state index in [4.69, 9.17) is 9.47 Å². The molecular weight excluding hydrogens is 614 g/mol. The molecule has 256 valence electrons. The number of aliphatic hydroxyl groups is 1. The zero-order valence-electron chi connectivity index (χ0n) is 27.4. The van der Waals surface area contributed by atoms with Crippen molar-refractivity contribution in [2.75, 3.05) is 40.0 Å². The Kier molecular flexibility index (Phi) is 13.9. The van der Waals surface area contributed by atoms with Crippen molar-refractivity contribution in [1.29, 1.82) is 0 Å². The average molecular weight is 660 g/mol. The summed E-state index contributed by atoms with van der Waals surface area (Å²) in [5.41, 5.74) is 2.39. The van der Waals surface area contributed by atoms with E-state index in [2.05, 4.69) is 21.3 Å². The van der Waals surface area contributed by atoms with Crippen LogP contribution in [0.2, 0.25) is 0 Å². The van der Waals surface area contributed by atoms with Gasteiger partial charge in [-0.15, -0.1) is 0 Å². The Morgan fingerprint density at radius 2 is 1.38 bits per heavy atom. The Labute approximate surface area is 281 Å². The summed E-state index contributed by atoms with van der Waals surface area (Å²) < 4.78 is 10.6. The summed E-state index contributed by atoms with van der Waals surface area (Å²) in [6.45, 7) is 4.21. The van der Waals surface area contributed by atoms with Gasteiger partial charge in [-0.3, -0.25) is 24.1 Å². The molecule has 12 nitrogen and oxygen atoms in total. The van der Waals surface area contributed by atoms with Gasteiger partial charge in [-0.25, -0.2) is 0 Å². The lowest BCUT2D eigenvalue weighted by atomic mass is 9.98. The van der Waals surface area contributed by atoms with Crippen LogP contribution in [0.5, 0.6) is 5.75 Å². The minimum atomic E-state index is -1.59. The third-order valence-electron chi connectivity index (χ3n) is 8.06. The molecule has 1 unspecified atom stereocenters. The van der Waals surface area contributed by atoms with Gasteiger partial charge >= 0.3 is 0 Å². The van der Waals surface area contributed by atoms with Crippen molar-refractivity contribution in [3.8, 4) is 5.75 Å². The van der Waals surface area contributed by atoms with Crippen LogP contribution in [0.4, 0.5) is 0 Å². The Morgan fingerprint density at radius 1 is 0.771 bits per heavy atom. The molecule has 1 aliphatic rings. The fraction of sp³-hybridized carbons (Fsp3) is 0.389. The van der Waals surface area contributed by atoms with Crippen LogP contribution >= 0.6 is 0 Å². The number of carbonyl (C=O) groups is 4. The summed E-state index contributed by atoms with van der Waals surface area (Å²) in [5.74, 6) is -1.48. The molecule has 1 heterocycles. The van der Waals surface area contributed by atoms with Crippen LogP contribution in [-0.2, 0) is 43.3 Å². The monoisotopic (exact) mass is 659 g/mol. The smallest absolute Gasteiger partial charge is 0.251 e. The molecule has 48 heavy (non-hydrogen) atoms. The maximum Gasteiger partial charge on any atom is 0.251 e. The van der Waals surface area contributed by atoms with Crippen LogP contribution in [-0.4, -0.2) is 97.8 Å². The molecule has 0 aromatic heterocycles. The van der Waals surface area contributed by atoms with Gasteiger partial charge in [0.15, 0.2) is 6.10 Å². The molecule has 3 aromatic rings. The summed E-state index contributed by atoms with van der Waals surface area (Å²) >= 11 is 0. The fourth-order valence-corrected chi connectivity index (χ4v) is 5.28. The molecule has 0 spiro atoms. The van der Waals surface area contributed by atoms with Crippen LogP contribution in [0.15, 0.2) is 84.9 Å². The van der Waals surface area contributed by atoms with E-state index < -0.39 is 42.0 Å². The molecule has 1 fully saturated rings. The van der Waals surface area contributed by atoms with E-state index in [1.165, 1.54) is 0 Å². The molecule has 4 atom stereocenters. The van der Waals surface area contributed by atoms with E-state index in [1.807, 2.05) is 65.6 Å². The molecule has 1 saturated heterocycles. The number of morpholine rings is 1. The lowest BCUT2D eigenvalue weighted by molar-refractivity contribution is -0.134. The highest BCUT2D eigenvalue weighted by atomic mass is 16.5. The zero-order valence-corrected chi connectivity index (χ0v) is 27.4. The van der Waals surface area contributed by atoms with E-state index in [9.17, 15) is 24.3 Å². The van der Waals surface area contributed by atoms with Crippen molar-refractivity contribution in [3.63, 3.8) is 0 Å². The Bertz CT molecular complexity index is 1470. The van der Waals surface area contributed by atoms with Crippen molar-refractivity contribution in [2.24, 2.45) is 0 Å². The number of benzene rings is 3. The molecule has 3 aromatic carbocycles. The number of methoxy groups -OCH3 is 1. The normalized spacial score (nSPS) is 15.6. The molecule has 1 aliphatic heterocycles. The summed E-state index contributed by atoms with van der Waals surface area (Å²) in [6.07, 6.45) is -1.33. The molecule has 0 bridgehead atoms. The van der Waals surface area contributed by atoms with Crippen LogP contribution in [0.3, 0.4) is 0 Å². The van der Waals surface area contributed by atoms with Crippen LogP contribution in [0.25, 0.3) is 0 Å². The standard InChI is InChI=1S/C36H45N5O7/c1-25(38-32(42)24-41-17-19-48-20-18-41)34(44)40-31(22-27-13-15-29(47-2)16-14-27)35(45)39-30(21-26-9-5-3-6-10-26)33(43)36(46)37-23-28-11-7-4-8-12-28/h3-16,25,30-31,33,43H,17-24H2,1-2H3,(H,37,46)(H,38,42)(H,39,45)(H,40,44)/t25-,30?,31-,33-/m0/s1. The minimum Gasteiger partial charge on any atom is -0.497 e. The van der Waals surface area contributed by atoms with Crippen molar-refractivity contribution < 1.29 is 33.8 Å². The Balaban J connectivity index is 1.48. The van der Waals surface area contributed by atoms with Gasteiger partial charge < -0.3 is 35.8 Å². The number of amides is 4. The number of nitrogens with zero attached hydrogens (tertiary/aromatic N) is 1. The summed E-state index contributed by atoms with van der Waals surface area (Å²) in [6, 6.07) is 22.5. The molecule has 4 rings (SSSR count). The fourth-order valence-electron chi connectivity index (χ4n) is 5.28. The van der Waals surface area contributed by atoms with Gasteiger partial charge in [0.2, 0.25) is 17.7 Å². The third-order valence-corrected chi connectivity index (χ3v) is 8.06. The van der Waals surface area contributed by atoms with Gasteiger partial charge in [-0.05, 0) is 42.2 Å². The highest BCUT2D eigenvalue weighted by Gasteiger charge is 2.32. The molecule has 0 radical (unpaired) electrons. The van der Waals surface area contributed by atoms with Gasteiger partial charge in [0.1, 0.15) is 17.8 Å². The quantitative estimate of drug-likeness (QED) is 0.152. The first-order valence-corrected chi connectivity index (χ1v) is 16.1. The zero-order chi connectivity index (χ0) is 34.3. The summed E-state index contributed by atoms with van der Waals surface area (Å²) in [5, 5.41) is 22.3. The number of aliphatic hydroxyl groups excluding tert-OH is 1. The van der Waals surface area contributed by atoms with E-state index in [0.717, 1.165) is 16.7 Å². The van der Waals surface area contributed by atoms with Crippen molar-refractivity contribution in [2.45, 2.75) is 50.5 Å². The lowest BCUT2D eigenvalue weighted by Gasteiger charge is -2.28. The Hall–Kier alpha value is -4.78. The number of hydrogen-bond donors (Lipinski definition) is 5. The molecular formula is C36H45N5O7. The van der Waals surface area contributed by atoms with E-state index in [0.29, 0.717) is 32.1 Å². The summed E-state index contributed by atoms with van der Waals surface area (Å²) in [7, 11) is 1.55. The molecule has 4 amide bonds. The van der Waals surface area contributed by atoms with Gasteiger partial charge in [0, 0.05) is 26.1 Å². The topological polar surface area (TPSA) is 158 Å². The molecule has 0 saturated carbocycles. The number of rotatable bonds is 16. The van der Waals surface area contributed by atoms with Gasteiger partial charge in [-0.1, -0.05) is 72.8 Å². The first-order chi connectivity index (χ1) is 23.2.